The fourth-order valence-electron chi connectivity index (χ4n) is 6.36. The fraction of sp³-hybridized carbons (Fsp3) is 0.324. The maximum Gasteiger partial charge on any atom is 0.338 e. The summed E-state index contributed by atoms with van der Waals surface area (Å²) >= 11 is 12.9. The van der Waals surface area contributed by atoms with Crippen LogP contribution in [0.15, 0.2) is 79.1 Å². The van der Waals surface area contributed by atoms with Gasteiger partial charge < -0.3 is 24.3 Å². The standard InChI is InChI=1S/C37H36Cl2FN3O6/c1-46-31-12-7-25(17-33(31)47-2)32(18-28-29(38)19-41-20-30(28)39)48-36(44)24-5-10-27(11-6-24)42-35(23-3-8-26(40)9-4-23)37(45)49-34-21-43-15-13-22(34)14-16-43/h3-12,17,19-20,22,32,34-35,42H,13-16,18,21H2,1-2H3/t32?,34-,35?/m0/s1. The smallest absolute Gasteiger partial charge is 0.338 e. The van der Waals surface area contributed by atoms with Gasteiger partial charge in [0.1, 0.15) is 18.0 Å². The predicted molar refractivity (Wildman–Crippen MR) is 184 cm³/mol. The summed E-state index contributed by atoms with van der Waals surface area (Å²) in [5, 5.41) is 3.91. The van der Waals surface area contributed by atoms with Crippen LogP contribution in [0, 0.1) is 11.7 Å². The van der Waals surface area contributed by atoms with Gasteiger partial charge in [0.15, 0.2) is 17.5 Å². The number of fused-ring (bicyclic) bond motifs is 3. The van der Waals surface area contributed by atoms with Gasteiger partial charge in [-0.1, -0.05) is 41.4 Å². The maximum atomic E-state index is 13.8. The number of carbonyl (C=O) groups is 2. The van der Waals surface area contributed by atoms with Gasteiger partial charge in [-0.2, -0.15) is 0 Å². The van der Waals surface area contributed by atoms with E-state index in [2.05, 4.69) is 15.2 Å². The number of esters is 2. The van der Waals surface area contributed by atoms with Gasteiger partial charge in [-0.05, 0) is 97.1 Å². The van der Waals surface area contributed by atoms with Gasteiger partial charge in [0.05, 0.1) is 29.8 Å². The van der Waals surface area contributed by atoms with E-state index in [1.165, 1.54) is 38.7 Å². The van der Waals surface area contributed by atoms with Crippen molar-refractivity contribution in [2.45, 2.75) is 37.5 Å². The number of rotatable bonds is 12. The predicted octanol–water partition coefficient (Wildman–Crippen LogP) is 7.48. The lowest BCUT2D eigenvalue weighted by Crippen LogP contribution is -2.52. The van der Waals surface area contributed by atoms with Crippen LogP contribution in [0.1, 0.15) is 52.0 Å². The number of aromatic nitrogens is 1. The zero-order chi connectivity index (χ0) is 34.5. The SMILES string of the molecule is COc1ccc(C(Cc2c(Cl)cncc2Cl)OC(=O)c2ccc(NC(C(=O)O[C@H]3CN4CCC3CC4)c3ccc(F)cc3)cc2)cc1OC. The van der Waals surface area contributed by atoms with Crippen LogP contribution < -0.4 is 14.8 Å². The highest BCUT2D eigenvalue weighted by Gasteiger charge is 2.38. The molecule has 256 valence electrons. The average molecular weight is 709 g/mol. The Kier molecular flexibility index (Phi) is 10.9. The number of benzene rings is 3. The van der Waals surface area contributed by atoms with Gasteiger partial charge in [0, 0.05) is 31.0 Å². The van der Waals surface area contributed by atoms with Crippen molar-refractivity contribution in [2.24, 2.45) is 5.92 Å². The Morgan fingerprint density at radius 3 is 2.18 bits per heavy atom. The molecule has 3 aliphatic heterocycles. The van der Waals surface area contributed by atoms with Gasteiger partial charge in [0.25, 0.3) is 0 Å². The van der Waals surface area contributed by atoms with Crippen LogP contribution in [0.25, 0.3) is 0 Å². The summed E-state index contributed by atoms with van der Waals surface area (Å²) in [6.07, 6.45) is 4.14. The number of carbonyl (C=O) groups excluding carboxylic acids is 2. The van der Waals surface area contributed by atoms with Crippen molar-refractivity contribution in [3.8, 4) is 11.5 Å². The molecule has 3 aromatic carbocycles. The zero-order valence-electron chi connectivity index (χ0n) is 27.0. The molecule has 0 radical (unpaired) electrons. The molecule has 3 fully saturated rings. The van der Waals surface area contributed by atoms with Gasteiger partial charge in [-0.25, -0.2) is 14.0 Å². The van der Waals surface area contributed by atoms with E-state index in [1.807, 2.05) is 0 Å². The molecular formula is C37H36Cl2FN3O6. The lowest BCUT2D eigenvalue weighted by Gasteiger charge is -2.44. The van der Waals surface area contributed by atoms with Gasteiger partial charge in [-0.3, -0.25) is 9.88 Å². The second-order valence-electron chi connectivity index (χ2n) is 12.1. The van der Waals surface area contributed by atoms with Gasteiger partial charge in [0.2, 0.25) is 0 Å². The Morgan fingerprint density at radius 1 is 0.918 bits per heavy atom. The van der Waals surface area contributed by atoms with Crippen LogP contribution in [0.5, 0.6) is 11.5 Å². The molecule has 0 amide bonds. The van der Waals surface area contributed by atoms with Crippen molar-refractivity contribution < 1.29 is 32.9 Å². The van der Waals surface area contributed by atoms with E-state index in [0.717, 1.165) is 25.9 Å². The van der Waals surface area contributed by atoms with Crippen LogP contribution >= 0.6 is 23.2 Å². The Hall–Kier alpha value is -4.38. The number of ether oxygens (including phenoxy) is 4. The van der Waals surface area contributed by atoms with Gasteiger partial charge >= 0.3 is 11.9 Å². The summed E-state index contributed by atoms with van der Waals surface area (Å²) in [7, 11) is 3.06. The minimum Gasteiger partial charge on any atom is -0.493 e. The molecule has 3 atom stereocenters. The normalized spacial score (nSPS) is 19.4. The number of hydrogen-bond acceptors (Lipinski definition) is 9. The van der Waals surface area contributed by atoms with E-state index in [4.69, 9.17) is 42.1 Å². The minimum atomic E-state index is -0.891. The molecule has 12 heteroatoms. The number of anilines is 1. The maximum absolute atomic E-state index is 13.8. The monoisotopic (exact) mass is 707 g/mol. The first-order valence-electron chi connectivity index (χ1n) is 16.0. The van der Waals surface area contributed by atoms with Crippen molar-refractivity contribution >= 4 is 40.8 Å². The molecule has 3 aliphatic rings. The van der Waals surface area contributed by atoms with Crippen molar-refractivity contribution in [1.82, 2.24) is 9.88 Å². The lowest BCUT2D eigenvalue weighted by atomic mass is 9.86. The summed E-state index contributed by atoms with van der Waals surface area (Å²) in [6, 6.07) is 16.6. The molecule has 9 nitrogen and oxygen atoms in total. The topological polar surface area (TPSA) is 99.2 Å². The number of halogens is 3. The van der Waals surface area contributed by atoms with Crippen LogP contribution in [-0.2, 0) is 20.7 Å². The third-order valence-electron chi connectivity index (χ3n) is 9.10. The molecule has 0 saturated carbocycles. The Morgan fingerprint density at radius 2 is 1.57 bits per heavy atom. The number of nitrogens with zero attached hydrogens (tertiary/aromatic N) is 2. The van der Waals surface area contributed by atoms with Crippen molar-refractivity contribution in [3.63, 3.8) is 0 Å². The summed E-state index contributed by atoms with van der Waals surface area (Å²) in [6.45, 7) is 2.76. The van der Waals surface area contributed by atoms with E-state index in [9.17, 15) is 14.0 Å². The van der Waals surface area contributed by atoms with Crippen LogP contribution in [0.4, 0.5) is 10.1 Å². The summed E-state index contributed by atoms with van der Waals surface area (Å²) in [4.78, 5) is 33.5. The summed E-state index contributed by atoms with van der Waals surface area (Å²) < 4.78 is 36.7. The quantitative estimate of drug-likeness (QED) is 0.150. The molecule has 2 unspecified atom stereocenters. The Bertz CT molecular complexity index is 1760. The molecule has 49 heavy (non-hydrogen) atoms. The highest BCUT2D eigenvalue weighted by atomic mass is 35.5. The van der Waals surface area contributed by atoms with E-state index < -0.39 is 29.9 Å². The molecule has 7 rings (SSSR count). The first-order valence-corrected chi connectivity index (χ1v) is 16.7. The number of piperidine rings is 3. The van der Waals surface area contributed by atoms with Crippen molar-refractivity contribution in [2.75, 3.05) is 39.2 Å². The highest BCUT2D eigenvalue weighted by molar-refractivity contribution is 6.35. The molecule has 1 N–H and O–H groups in total. The molecule has 4 aromatic rings. The van der Waals surface area contributed by atoms with E-state index in [0.29, 0.717) is 56.4 Å². The number of pyridine rings is 1. The first-order chi connectivity index (χ1) is 23.7. The van der Waals surface area contributed by atoms with E-state index in [-0.39, 0.29) is 18.1 Å². The van der Waals surface area contributed by atoms with Crippen LogP contribution in [0.3, 0.4) is 0 Å². The van der Waals surface area contributed by atoms with Crippen molar-refractivity contribution in [1.29, 1.82) is 0 Å². The largest absolute Gasteiger partial charge is 0.493 e. The minimum absolute atomic E-state index is 0.169. The molecular weight excluding hydrogens is 672 g/mol. The Balaban J connectivity index is 1.20. The molecule has 3 saturated heterocycles. The fourth-order valence-corrected chi connectivity index (χ4v) is 6.88. The lowest BCUT2D eigenvalue weighted by molar-refractivity contribution is -0.159. The number of hydrogen-bond donors (Lipinski definition) is 1. The van der Waals surface area contributed by atoms with E-state index in [1.54, 1.807) is 54.6 Å². The first kappa shape index (κ1) is 34.5. The summed E-state index contributed by atoms with van der Waals surface area (Å²) in [5.74, 6) is -0.126. The molecule has 0 aliphatic carbocycles. The van der Waals surface area contributed by atoms with Gasteiger partial charge in [-0.15, -0.1) is 0 Å². The Labute approximate surface area is 294 Å². The second-order valence-corrected chi connectivity index (χ2v) is 12.9. The zero-order valence-corrected chi connectivity index (χ0v) is 28.5. The average Bonchev–Trinajstić information content (AvgIpc) is 3.12. The number of nitrogens with one attached hydrogen (secondary N) is 1. The van der Waals surface area contributed by atoms with Crippen molar-refractivity contribution in [3.05, 3.63) is 117 Å². The molecule has 4 heterocycles. The van der Waals surface area contributed by atoms with E-state index >= 15 is 0 Å². The van der Waals surface area contributed by atoms with Crippen LogP contribution in [0.2, 0.25) is 10.0 Å². The third kappa shape index (κ3) is 8.09. The molecule has 0 spiro atoms. The van der Waals surface area contributed by atoms with Crippen LogP contribution in [-0.4, -0.2) is 61.8 Å². The summed E-state index contributed by atoms with van der Waals surface area (Å²) in [5.41, 5.74) is 2.60. The number of methoxy groups -OCH3 is 2. The molecule has 1 aromatic heterocycles. The highest BCUT2D eigenvalue weighted by Crippen LogP contribution is 2.36. The third-order valence-corrected chi connectivity index (χ3v) is 9.76. The second kappa shape index (κ2) is 15.4. The molecule has 2 bridgehead atoms.